The van der Waals surface area contributed by atoms with Crippen LogP contribution in [0.2, 0.25) is 0 Å². The summed E-state index contributed by atoms with van der Waals surface area (Å²) in [6, 6.07) is 11.6. The van der Waals surface area contributed by atoms with E-state index in [1.165, 1.54) is 4.90 Å². The number of nitrogens with zero attached hydrogens (tertiary/aromatic N) is 2. The molecule has 6 nitrogen and oxygen atoms in total. The van der Waals surface area contributed by atoms with Gasteiger partial charge in [0.15, 0.2) is 0 Å². The van der Waals surface area contributed by atoms with Crippen LogP contribution in [-0.4, -0.2) is 49.0 Å². The van der Waals surface area contributed by atoms with Crippen molar-refractivity contribution in [1.29, 1.82) is 5.26 Å². The molecule has 1 aromatic rings. The average molecular weight is 376 g/mol. The Morgan fingerprint density at radius 3 is 2.41 bits per heavy atom. The lowest BCUT2D eigenvalue weighted by molar-refractivity contribution is -0.00738. The highest BCUT2D eigenvalue weighted by atomic mass is 16.6. The molecule has 27 heavy (non-hydrogen) atoms. The average Bonchev–Trinajstić information content (AvgIpc) is 2.62. The van der Waals surface area contributed by atoms with Crippen molar-refractivity contribution in [3.63, 3.8) is 0 Å². The lowest BCUT2D eigenvalue weighted by Crippen LogP contribution is -2.43. The van der Waals surface area contributed by atoms with E-state index in [0.29, 0.717) is 32.6 Å². The molecule has 0 aliphatic carbocycles. The van der Waals surface area contributed by atoms with Gasteiger partial charge in [0, 0.05) is 13.7 Å². The first-order valence-electron chi connectivity index (χ1n) is 9.34. The SMILES string of the molecule is CCN(C(=O)OC(C)(C)C)C(C#N)CC[C@@H](COCc1ccccc1)OC. The predicted molar refractivity (Wildman–Crippen MR) is 104 cm³/mol. The first kappa shape index (κ1) is 22.9. The molecule has 0 saturated heterocycles. The van der Waals surface area contributed by atoms with E-state index in [9.17, 15) is 10.1 Å². The quantitative estimate of drug-likeness (QED) is 0.613. The molecular formula is C21H32N2O4. The number of methoxy groups -OCH3 is 1. The number of amides is 1. The fourth-order valence-electron chi connectivity index (χ4n) is 2.58. The van der Waals surface area contributed by atoms with Gasteiger partial charge in [-0.25, -0.2) is 4.79 Å². The summed E-state index contributed by atoms with van der Waals surface area (Å²) in [4.78, 5) is 13.8. The molecule has 0 aliphatic heterocycles. The molecule has 0 heterocycles. The Hall–Kier alpha value is -2.10. The highest BCUT2D eigenvalue weighted by molar-refractivity contribution is 5.69. The van der Waals surface area contributed by atoms with Gasteiger partial charge in [0.2, 0.25) is 0 Å². The summed E-state index contributed by atoms with van der Waals surface area (Å²) in [6.07, 6.45) is 0.507. The maximum atomic E-state index is 12.3. The Kier molecular flexibility index (Phi) is 9.84. The predicted octanol–water partition coefficient (Wildman–Crippen LogP) is 4.15. The van der Waals surface area contributed by atoms with E-state index in [4.69, 9.17) is 14.2 Å². The van der Waals surface area contributed by atoms with Crippen molar-refractivity contribution in [2.45, 2.75) is 64.9 Å². The fraction of sp³-hybridized carbons (Fsp3) is 0.619. The van der Waals surface area contributed by atoms with Gasteiger partial charge in [-0.05, 0) is 46.1 Å². The van der Waals surface area contributed by atoms with E-state index < -0.39 is 17.7 Å². The molecule has 0 saturated carbocycles. The highest BCUT2D eigenvalue weighted by Crippen LogP contribution is 2.16. The van der Waals surface area contributed by atoms with Gasteiger partial charge in [-0.15, -0.1) is 0 Å². The molecule has 0 radical (unpaired) electrons. The van der Waals surface area contributed by atoms with Gasteiger partial charge < -0.3 is 14.2 Å². The van der Waals surface area contributed by atoms with Gasteiger partial charge >= 0.3 is 6.09 Å². The molecule has 0 N–H and O–H groups in total. The van der Waals surface area contributed by atoms with Crippen LogP contribution < -0.4 is 0 Å². The number of benzene rings is 1. The van der Waals surface area contributed by atoms with Gasteiger partial charge in [-0.1, -0.05) is 30.3 Å². The molecule has 0 bridgehead atoms. The third kappa shape index (κ3) is 8.89. The molecule has 1 rings (SSSR count). The van der Waals surface area contributed by atoms with Gasteiger partial charge in [0.1, 0.15) is 11.6 Å². The summed E-state index contributed by atoms with van der Waals surface area (Å²) in [5.41, 5.74) is 0.509. The molecule has 1 aromatic carbocycles. The molecule has 6 heteroatoms. The van der Waals surface area contributed by atoms with Crippen LogP contribution in [0.3, 0.4) is 0 Å². The Morgan fingerprint density at radius 1 is 1.22 bits per heavy atom. The summed E-state index contributed by atoms with van der Waals surface area (Å²) in [5.74, 6) is 0. The minimum Gasteiger partial charge on any atom is -0.444 e. The van der Waals surface area contributed by atoms with E-state index in [1.54, 1.807) is 7.11 Å². The summed E-state index contributed by atoms with van der Waals surface area (Å²) in [7, 11) is 1.63. The normalized spacial score (nSPS) is 13.5. The van der Waals surface area contributed by atoms with E-state index in [-0.39, 0.29) is 6.10 Å². The van der Waals surface area contributed by atoms with E-state index in [1.807, 2.05) is 58.0 Å². The molecule has 0 aromatic heterocycles. The topological polar surface area (TPSA) is 71.8 Å². The third-order valence-corrected chi connectivity index (χ3v) is 4.00. The van der Waals surface area contributed by atoms with Crippen LogP contribution in [0.15, 0.2) is 30.3 Å². The van der Waals surface area contributed by atoms with Gasteiger partial charge in [0.25, 0.3) is 0 Å². The second-order valence-corrected chi connectivity index (χ2v) is 7.35. The maximum Gasteiger partial charge on any atom is 0.411 e. The molecule has 1 amide bonds. The highest BCUT2D eigenvalue weighted by Gasteiger charge is 2.27. The van der Waals surface area contributed by atoms with Crippen molar-refractivity contribution in [2.75, 3.05) is 20.3 Å². The van der Waals surface area contributed by atoms with Gasteiger partial charge in [-0.2, -0.15) is 5.26 Å². The molecule has 2 atom stereocenters. The third-order valence-electron chi connectivity index (χ3n) is 4.00. The number of ether oxygens (including phenoxy) is 3. The number of hydrogen-bond acceptors (Lipinski definition) is 5. The molecular weight excluding hydrogens is 344 g/mol. The van der Waals surface area contributed by atoms with E-state index in [0.717, 1.165) is 5.56 Å². The number of hydrogen-bond donors (Lipinski definition) is 0. The van der Waals surface area contributed by atoms with Crippen LogP contribution >= 0.6 is 0 Å². The lowest BCUT2D eigenvalue weighted by atomic mass is 10.1. The van der Waals surface area contributed by atoms with Gasteiger partial charge in [0.05, 0.1) is 25.4 Å². The Morgan fingerprint density at radius 2 is 1.89 bits per heavy atom. The number of carbonyl (C=O) groups is 1. The maximum absolute atomic E-state index is 12.3. The molecule has 150 valence electrons. The van der Waals surface area contributed by atoms with Crippen LogP contribution in [0, 0.1) is 11.3 Å². The summed E-state index contributed by atoms with van der Waals surface area (Å²) in [5, 5.41) is 9.51. The fourth-order valence-corrected chi connectivity index (χ4v) is 2.58. The number of rotatable bonds is 10. The minimum atomic E-state index is -0.592. The first-order valence-corrected chi connectivity index (χ1v) is 9.34. The van der Waals surface area contributed by atoms with Crippen LogP contribution in [-0.2, 0) is 20.8 Å². The van der Waals surface area contributed by atoms with E-state index >= 15 is 0 Å². The smallest absolute Gasteiger partial charge is 0.411 e. The van der Waals surface area contributed by atoms with Crippen molar-refractivity contribution in [2.24, 2.45) is 0 Å². The molecule has 0 spiro atoms. The number of nitriles is 1. The lowest BCUT2D eigenvalue weighted by Gasteiger charge is -2.30. The van der Waals surface area contributed by atoms with Crippen LogP contribution in [0.1, 0.15) is 46.1 Å². The van der Waals surface area contributed by atoms with E-state index in [2.05, 4.69) is 6.07 Å². The van der Waals surface area contributed by atoms with Crippen LogP contribution in [0.4, 0.5) is 4.79 Å². The molecule has 0 aliphatic rings. The van der Waals surface area contributed by atoms with Gasteiger partial charge in [-0.3, -0.25) is 4.90 Å². The second-order valence-electron chi connectivity index (χ2n) is 7.35. The van der Waals surface area contributed by atoms with Crippen molar-refractivity contribution < 1.29 is 19.0 Å². The van der Waals surface area contributed by atoms with Crippen molar-refractivity contribution >= 4 is 6.09 Å². The van der Waals surface area contributed by atoms with Crippen molar-refractivity contribution in [1.82, 2.24) is 4.90 Å². The Bertz CT molecular complexity index is 592. The zero-order valence-electron chi connectivity index (χ0n) is 17.1. The molecule has 1 unspecified atom stereocenters. The first-order chi connectivity index (χ1) is 12.8. The Labute approximate surface area is 163 Å². The second kappa shape index (κ2) is 11.6. The number of carbonyl (C=O) groups excluding carboxylic acids is 1. The molecule has 0 fully saturated rings. The van der Waals surface area contributed by atoms with Crippen LogP contribution in [0.25, 0.3) is 0 Å². The standard InChI is InChI=1S/C21H32N2O4/c1-6-23(20(24)27-21(2,3)4)18(14-22)12-13-19(25-5)16-26-15-17-10-8-7-9-11-17/h7-11,18-19H,6,12-13,15-16H2,1-5H3/t18?,19-/m0/s1. The van der Waals surface area contributed by atoms with Crippen LogP contribution in [0.5, 0.6) is 0 Å². The largest absolute Gasteiger partial charge is 0.444 e. The minimum absolute atomic E-state index is 0.137. The summed E-state index contributed by atoms with van der Waals surface area (Å²) in [6.45, 7) is 8.63. The summed E-state index contributed by atoms with van der Waals surface area (Å²) >= 11 is 0. The zero-order chi connectivity index (χ0) is 20.3. The van der Waals surface area contributed by atoms with Crippen molar-refractivity contribution in [3.8, 4) is 6.07 Å². The zero-order valence-corrected chi connectivity index (χ0v) is 17.1. The summed E-state index contributed by atoms with van der Waals surface area (Å²) < 4.78 is 16.6. The Balaban J connectivity index is 2.51. The monoisotopic (exact) mass is 376 g/mol. The van der Waals surface area contributed by atoms with Crippen molar-refractivity contribution in [3.05, 3.63) is 35.9 Å².